The molecule has 2 aromatic carbocycles. The monoisotopic (exact) mass is 561 g/mol. The molecule has 1 aliphatic heterocycles. The number of amides is 1. The number of benzene rings is 2. The van der Waals surface area contributed by atoms with Gasteiger partial charge in [0.2, 0.25) is 5.91 Å². The molecule has 1 amide bonds. The van der Waals surface area contributed by atoms with Gasteiger partial charge in [-0.25, -0.2) is 17.5 Å². The summed E-state index contributed by atoms with van der Waals surface area (Å²) in [5, 5.41) is 15.2. The van der Waals surface area contributed by atoms with Gasteiger partial charge in [-0.3, -0.25) is 4.79 Å². The molecule has 1 aromatic heterocycles. The molecule has 0 bridgehead atoms. The van der Waals surface area contributed by atoms with Gasteiger partial charge in [-0.1, -0.05) is 12.1 Å². The van der Waals surface area contributed by atoms with Crippen LogP contribution >= 0.6 is 0 Å². The lowest BCUT2D eigenvalue weighted by atomic mass is 10.1. The zero-order chi connectivity index (χ0) is 28.2. The number of nitriles is 1. The van der Waals surface area contributed by atoms with Crippen molar-refractivity contribution in [1.82, 2.24) is 15.1 Å². The first kappa shape index (κ1) is 26.7. The minimum Gasteiger partial charge on any atom is -0.343 e. The van der Waals surface area contributed by atoms with Crippen molar-refractivity contribution >= 4 is 21.6 Å². The summed E-state index contributed by atoms with van der Waals surface area (Å²) < 4.78 is 83.4. The van der Waals surface area contributed by atoms with E-state index in [1.807, 2.05) is 0 Å². The molecule has 204 valence electrons. The molecule has 2 fully saturated rings. The van der Waals surface area contributed by atoms with Crippen molar-refractivity contribution < 1.29 is 30.8 Å². The molecule has 1 saturated carbocycles. The molecule has 8 nitrogen and oxygen atoms in total. The van der Waals surface area contributed by atoms with Crippen LogP contribution in [0.2, 0.25) is 0 Å². The standard InChI is InChI=1S/C26H23F4N5O3S/c1-16-12-23(35(33-16)18-8-6-17(27)7-9-18)34-14-19(13-21(34)24(36)32-25(15-31)10-11-25)39(37,38)22-5-3-2-4-20(22)26(28,29)30/h2-9,12,19,21H,10-11,13-14H2,1H3,(H,32,36)/t19-,21+/m1/s1. The molecule has 13 heteroatoms. The normalized spacial score (nSPS) is 20.5. The van der Waals surface area contributed by atoms with Crippen LogP contribution in [0.3, 0.4) is 0 Å². The second-order valence-corrected chi connectivity index (χ2v) is 12.0. The number of aromatic nitrogens is 2. The number of carbonyl (C=O) groups excluding carboxylic acids is 1. The Labute approximate surface area is 221 Å². The van der Waals surface area contributed by atoms with Crippen LogP contribution in [0, 0.1) is 24.1 Å². The van der Waals surface area contributed by atoms with Gasteiger partial charge in [0.15, 0.2) is 9.84 Å². The van der Waals surface area contributed by atoms with Crippen molar-refractivity contribution in [3.05, 3.63) is 71.7 Å². The van der Waals surface area contributed by atoms with Crippen LogP contribution in [0.4, 0.5) is 23.4 Å². The number of alkyl halides is 3. The van der Waals surface area contributed by atoms with E-state index in [-0.39, 0.29) is 13.0 Å². The number of halogens is 4. The van der Waals surface area contributed by atoms with Gasteiger partial charge >= 0.3 is 6.18 Å². The Balaban J connectivity index is 1.57. The van der Waals surface area contributed by atoms with Crippen LogP contribution in [0.25, 0.3) is 5.69 Å². The molecule has 1 saturated heterocycles. The Kier molecular flexibility index (Phi) is 6.41. The lowest BCUT2D eigenvalue weighted by molar-refractivity contribution is -0.139. The minimum absolute atomic E-state index is 0.307. The van der Waals surface area contributed by atoms with E-state index in [2.05, 4.69) is 16.5 Å². The predicted molar refractivity (Wildman–Crippen MR) is 132 cm³/mol. The predicted octanol–water partition coefficient (Wildman–Crippen LogP) is 3.93. The number of sulfone groups is 1. The molecule has 1 aliphatic carbocycles. The topological polar surface area (TPSA) is 108 Å². The van der Waals surface area contributed by atoms with E-state index in [1.165, 1.54) is 39.9 Å². The first-order valence-corrected chi connectivity index (χ1v) is 13.6. The molecule has 0 radical (unpaired) electrons. The maximum atomic E-state index is 13.7. The fourth-order valence-corrected chi connectivity index (χ4v) is 6.73. The average Bonchev–Trinajstić information content (AvgIpc) is 3.33. The van der Waals surface area contributed by atoms with Crippen LogP contribution in [-0.4, -0.2) is 47.5 Å². The zero-order valence-electron chi connectivity index (χ0n) is 20.6. The third-order valence-corrected chi connectivity index (χ3v) is 9.20. The number of nitrogens with one attached hydrogen (secondary N) is 1. The summed E-state index contributed by atoms with van der Waals surface area (Å²) in [4.78, 5) is 14.0. The summed E-state index contributed by atoms with van der Waals surface area (Å²) in [7, 11) is -4.56. The van der Waals surface area contributed by atoms with Gasteiger partial charge in [-0.05, 0) is 62.6 Å². The Bertz CT molecular complexity index is 1570. The van der Waals surface area contributed by atoms with Crippen LogP contribution in [0.15, 0.2) is 59.5 Å². The van der Waals surface area contributed by atoms with E-state index >= 15 is 0 Å². The van der Waals surface area contributed by atoms with Gasteiger partial charge in [-0.15, -0.1) is 0 Å². The highest BCUT2D eigenvalue weighted by Gasteiger charge is 2.50. The smallest absolute Gasteiger partial charge is 0.343 e. The van der Waals surface area contributed by atoms with Gasteiger partial charge in [0, 0.05) is 12.6 Å². The minimum atomic E-state index is -4.90. The zero-order valence-corrected chi connectivity index (χ0v) is 21.4. The first-order valence-electron chi connectivity index (χ1n) is 12.1. The fraction of sp³-hybridized carbons (Fsp3) is 0.346. The molecule has 2 heterocycles. The Morgan fingerprint density at radius 1 is 1.15 bits per heavy atom. The highest BCUT2D eigenvalue weighted by molar-refractivity contribution is 7.92. The van der Waals surface area contributed by atoms with Crippen molar-refractivity contribution in [1.29, 1.82) is 5.26 Å². The van der Waals surface area contributed by atoms with Crippen molar-refractivity contribution in [2.24, 2.45) is 0 Å². The molecule has 1 N–H and O–H groups in total. The van der Waals surface area contributed by atoms with E-state index in [1.54, 1.807) is 13.0 Å². The SMILES string of the molecule is Cc1cc(N2C[C@H](S(=O)(=O)c3ccccc3C(F)(F)F)C[C@H]2C(=O)NC2(C#N)CC2)n(-c2ccc(F)cc2)n1. The van der Waals surface area contributed by atoms with E-state index in [4.69, 9.17) is 0 Å². The van der Waals surface area contributed by atoms with Gasteiger partial charge in [-0.2, -0.15) is 23.5 Å². The number of aryl methyl sites for hydroxylation is 1. The molecule has 39 heavy (non-hydrogen) atoms. The highest BCUT2D eigenvalue weighted by Crippen LogP contribution is 2.40. The average molecular weight is 562 g/mol. The molecule has 0 unspecified atom stereocenters. The summed E-state index contributed by atoms with van der Waals surface area (Å²) >= 11 is 0. The highest BCUT2D eigenvalue weighted by atomic mass is 32.2. The van der Waals surface area contributed by atoms with E-state index < -0.39 is 55.0 Å². The lowest BCUT2D eigenvalue weighted by Crippen LogP contribution is -2.48. The fourth-order valence-electron chi connectivity index (χ4n) is 4.82. The van der Waals surface area contributed by atoms with E-state index in [0.717, 1.165) is 12.1 Å². The van der Waals surface area contributed by atoms with Crippen molar-refractivity contribution in [3.8, 4) is 11.8 Å². The van der Waals surface area contributed by atoms with Gasteiger partial charge in [0.05, 0.1) is 33.2 Å². The molecule has 2 atom stereocenters. The maximum Gasteiger partial charge on any atom is 0.417 e. The van der Waals surface area contributed by atoms with Crippen molar-refractivity contribution in [3.63, 3.8) is 0 Å². The molecule has 2 aliphatic rings. The van der Waals surface area contributed by atoms with E-state index in [0.29, 0.717) is 36.1 Å². The number of rotatable bonds is 6. The molecule has 3 aromatic rings. The van der Waals surface area contributed by atoms with Gasteiger partial charge in [0.1, 0.15) is 23.2 Å². The third kappa shape index (κ3) is 4.96. The molecule has 5 rings (SSSR count). The van der Waals surface area contributed by atoms with E-state index in [9.17, 15) is 36.0 Å². The van der Waals surface area contributed by atoms with Gasteiger partial charge < -0.3 is 10.2 Å². The third-order valence-electron chi connectivity index (χ3n) is 7.01. The number of nitrogens with zero attached hydrogens (tertiary/aromatic N) is 4. The Morgan fingerprint density at radius 3 is 2.44 bits per heavy atom. The Hall–Kier alpha value is -3.92. The number of hydrogen-bond acceptors (Lipinski definition) is 6. The largest absolute Gasteiger partial charge is 0.417 e. The quantitative estimate of drug-likeness (QED) is 0.457. The number of hydrogen-bond donors (Lipinski definition) is 1. The van der Waals surface area contributed by atoms with Crippen LogP contribution in [0.1, 0.15) is 30.5 Å². The van der Waals surface area contributed by atoms with Gasteiger partial charge in [0.25, 0.3) is 0 Å². The summed E-state index contributed by atoms with van der Waals surface area (Å²) in [6.07, 6.45) is -4.33. The summed E-state index contributed by atoms with van der Waals surface area (Å²) in [5.74, 6) is -0.786. The number of carbonyl (C=O) groups is 1. The molecular weight excluding hydrogens is 538 g/mol. The van der Waals surface area contributed by atoms with Crippen LogP contribution < -0.4 is 10.2 Å². The summed E-state index contributed by atoms with van der Waals surface area (Å²) in [6, 6.07) is 11.8. The number of anilines is 1. The second kappa shape index (κ2) is 9.37. The second-order valence-electron chi connectivity index (χ2n) is 9.78. The molecular formula is C26H23F4N5O3S. The first-order chi connectivity index (χ1) is 18.3. The van der Waals surface area contributed by atoms with Crippen LogP contribution in [0.5, 0.6) is 0 Å². The molecule has 0 spiro atoms. The summed E-state index contributed by atoms with van der Waals surface area (Å²) in [5.41, 5.74) is -1.38. The lowest BCUT2D eigenvalue weighted by Gasteiger charge is -2.27. The summed E-state index contributed by atoms with van der Waals surface area (Å²) in [6.45, 7) is 1.37. The van der Waals surface area contributed by atoms with Crippen LogP contribution in [-0.2, 0) is 20.8 Å². The Morgan fingerprint density at radius 2 is 1.82 bits per heavy atom. The van der Waals surface area contributed by atoms with Crippen molar-refractivity contribution in [2.75, 3.05) is 11.4 Å². The van der Waals surface area contributed by atoms with Crippen molar-refractivity contribution in [2.45, 2.75) is 54.1 Å². The maximum absolute atomic E-state index is 13.7.